The molecule has 1 aromatic rings. The Bertz CT molecular complexity index is 606. The molecule has 7 heteroatoms. The first-order valence-electron chi connectivity index (χ1n) is 7.83. The van der Waals surface area contributed by atoms with Crippen molar-refractivity contribution in [2.24, 2.45) is 5.73 Å². The van der Waals surface area contributed by atoms with Gasteiger partial charge in [-0.1, -0.05) is 6.07 Å². The largest absolute Gasteiger partial charge is 0.449 e. The van der Waals surface area contributed by atoms with Crippen LogP contribution in [0.2, 0.25) is 0 Å². The van der Waals surface area contributed by atoms with E-state index in [1.807, 2.05) is 27.7 Å². The van der Waals surface area contributed by atoms with E-state index < -0.39 is 18.1 Å². The van der Waals surface area contributed by atoms with Gasteiger partial charge in [0.25, 0.3) is 5.91 Å². The molecule has 7 nitrogen and oxygen atoms in total. The molecule has 0 aromatic heterocycles. The lowest BCUT2D eigenvalue weighted by Crippen LogP contribution is -2.47. The van der Waals surface area contributed by atoms with Gasteiger partial charge in [0.2, 0.25) is 0 Å². The number of nitrogens with two attached hydrogens (primary N) is 1. The van der Waals surface area contributed by atoms with E-state index in [0.29, 0.717) is 5.69 Å². The number of carbonyl (C=O) groups is 3. The van der Waals surface area contributed by atoms with Crippen LogP contribution in [0.4, 0.5) is 10.5 Å². The standard InChI is InChI=1S/C17H25N3O4/c1-10(2)20(11(3)4)15(21)12(5)24-16(22)13-7-6-8-14(9-13)19-17(18)23/h6-12H,1-5H3,(H3,18,19,23)/t12-/m1/s1. The minimum absolute atomic E-state index is 0.00162. The van der Waals surface area contributed by atoms with Crippen LogP contribution in [0.1, 0.15) is 45.0 Å². The van der Waals surface area contributed by atoms with Gasteiger partial charge in [0.05, 0.1) is 5.56 Å². The highest BCUT2D eigenvalue weighted by molar-refractivity contribution is 5.95. The second kappa shape index (κ2) is 8.33. The van der Waals surface area contributed by atoms with Crippen molar-refractivity contribution in [1.29, 1.82) is 0 Å². The fourth-order valence-electron chi connectivity index (χ4n) is 2.46. The predicted octanol–water partition coefficient (Wildman–Crippen LogP) is 2.37. The number of urea groups is 1. The average Bonchev–Trinajstić information content (AvgIpc) is 2.45. The van der Waals surface area contributed by atoms with Crippen molar-refractivity contribution in [2.75, 3.05) is 5.32 Å². The van der Waals surface area contributed by atoms with Crippen molar-refractivity contribution < 1.29 is 19.1 Å². The molecule has 3 N–H and O–H groups in total. The third-order valence-corrected chi connectivity index (χ3v) is 3.36. The second-order valence-corrected chi connectivity index (χ2v) is 6.05. The normalized spacial score (nSPS) is 12.0. The van der Waals surface area contributed by atoms with Crippen LogP contribution in [-0.4, -0.2) is 41.0 Å². The van der Waals surface area contributed by atoms with E-state index in [1.165, 1.54) is 12.1 Å². The fraction of sp³-hybridized carbons (Fsp3) is 0.471. The number of amides is 3. The maximum absolute atomic E-state index is 12.5. The molecule has 1 aromatic carbocycles. The molecule has 1 rings (SSSR count). The number of carbonyl (C=O) groups excluding carboxylic acids is 3. The summed E-state index contributed by atoms with van der Waals surface area (Å²) in [7, 11) is 0. The van der Waals surface area contributed by atoms with Gasteiger partial charge < -0.3 is 20.7 Å². The Balaban J connectivity index is 2.83. The van der Waals surface area contributed by atoms with Gasteiger partial charge in [-0.15, -0.1) is 0 Å². The summed E-state index contributed by atoms with van der Waals surface area (Å²) in [6, 6.07) is 5.43. The zero-order chi connectivity index (χ0) is 18.4. The summed E-state index contributed by atoms with van der Waals surface area (Å²) in [6.45, 7) is 9.18. The highest BCUT2D eigenvalue weighted by Crippen LogP contribution is 2.14. The number of benzene rings is 1. The van der Waals surface area contributed by atoms with Crippen LogP contribution in [0.25, 0.3) is 0 Å². The molecule has 3 amide bonds. The van der Waals surface area contributed by atoms with E-state index in [1.54, 1.807) is 24.0 Å². The second-order valence-electron chi connectivity index (χ2n) is 6.05. The topological polar surface area (TPSA) is 102 Å². The van der Waals surface area contributed by atoms with Crippen LogP contribution < -0.4 is 11.1 Å². The van der Waals surface area contributed by atoms with Gasteiger partial charge in [-0.3, -0.25) is 4.79 Å². The molecule has 0 fully saturated rings. The number of nitrogens with zero attached hydrogens (tertiary/aromatic N) is 1. The van der Waals surface area contributed by atoms with E-state index in [-0.39, 0.29) is 23.6 Å². The zero-order valence-electron chi connectivity index (χ0n) is 14.7. The molecular formula is C17H25N3O4. The third kappa shape index (κ3) is 5.26. The summed E-state index contributed by atoms with van der Waals surface area (Å²) in [4.78, 5) is 37.2. The molecule has 0 radical (unpaired) electrons. The van der Waals surface area contributed by atoms with Crippen molar-refractivity contribution in [3.8, 4) is 0 Å². The molecule has 0 saturated heterocycles. The molecule has 0 unspecified atom stereocenters. The Morgan fingerprint density at radius 3 is 2.17 bits per heavy atom. The summed E-state index contributed by atoms with van der Waals surface area (Å²) in [5.41, 5.74) is 5.65. The first-order chi connectivity index (χ1) is 11.1. The quantitative estimate of drug-likeness (QED) is 0.779. The molecule has 1 atom stereocenters. The van der Waals surface area contributed by atoms with Crippen molar-refractivity contribution in [2.45, 2.75) is 52.8 Å². The number of nitrogens with one attached hydrogen (secondary N) is 1. The number of esters is 1. The minimum atomic E-state index is -0.907. The van der Waals surface area contributed by atoms with Crippen LogP contribution in [0.15, 0.2) is 24.3 Å². The summed E-state index contributed by atoms with van der Waals surface area (Å²) in [5, 5.41) is 2.38. The predicted molar refractivity (Wildman–Crippen MR) is 91.6 cm³/mol. The van der Waals surface area contributed by atoms with E-state index in [4.69, 9.17) is 10.5 Å². The minimum Gasteiger partial charge on any atom is -0.449 e. The Morgan fingerprint density at radius 1 is 1.08 bits per heavy atom. The maximum Gasteiger partial charge on any atom is 0.338 e. The monoisotopic (exact) mass is 335 g/mol. The van der Waals surface area contributed by atoms with Crippen molar-refractivity contribution >= 4 is 23.6 Å². The van der Waals surface area contributed by atoms with Gasteiger partial charge in [-0.25, -0.2) is 9.59 Å². The lowest BCUT2D eigenvalue weighted by molar-refractivity contribution is -0.143. The zero-order valence-corrected chi connectivity index (χ0v) is 14.7. The highest BCUT2D eigenvalue weighted by atomic mass is 16.5. The van der Waals surface area contributed by atoms with E-state index in [9.17, 15) is 14.4 Å². The number of hydrogen-bond acceptors (Lipinski definition) is 4. The Morgan fingerprint density at radius 2 is 1.67 bits per heavy atom. The van der Waals surface area contributed by atoms with Gasteiger partial charge in [-0.2, -0.15) is 0 Å². The Labute approximate surface area is 142 Å². The van der Waals surface area contributed by atoms with Crippen molar-refractivity contribution in [3.05, 3.63) is 29.8 Å². The molecule has 0 saturated carbocycles. The van der Waals surface area contributed by atoms with Gasteiger partial charge >= 0.3 is 12.0 Å². The van der Waals surface area contributed by atoms with Crippen LogP contribution >= 0.6 is 0 Å². The van der Waals surface area contributed by atoms with Crippen LogP contribution in [0, 0.1) is 0 Å². The van der Waals surface area contributed by atoms with E-state index in [2.05, 4.69) is 5.32 Å². The van der Waals surface area contributed by atoms with Crippen molar-refractivity contribution in [3.63, 3.8) is 0 Å². The number of rotatable bonds is 6. The Hall–Kier alpha value is -2.57. The van der Waals surface area contributed by atoms with Gasteiger partial charge in [0.1, 0.15) is 0 Å². The smallest absolute Gasteiger partial charge is 0.338 e. The molecule has 0 aliphatic carbocycles. The average molecular weight is 335 g/mol. The van der Waals surface area contributed by atoms with Crippen molar-refractivity contribution in [1.82, 2.24) is 4.90 Å². The molecule has 0 heterocycles. The summed E-state index contributed by atoms with van der Waals surface area (Å²) >= 11 is 0. The fourth-order valence-corrected chi connectivity index (χ4v) is 2.46. The summed E-state index contributed by atoms with van der Waals surface area (Å²) in [5.74, 6) is -0.892. The molecule has 0 bridgehead atoms. The van der Waals surface area contributed by atoms with E-state index >= 15 is 0 Å². The molecule has 0 aliphatic rings. The molecule has 0 aliphatic heterocycles. The summed E-state index contributed by atoms with van der Waals surface area (Å²) in [6.07, 6.45) is -0.907. The molecule has 0 spiro atoms. The number of anilines is 1. The van der Waals surface area contributed by atoms with Gasteiger partial charge in [0.15, 0.2) is 6.10 Å². The highest BCUT2D eigenvalue weighted by Gasteiger charge is 2.28. The third-order valence-electron chi connectivity index (χ3n) is 3.36. The van der Waals surface area contributed by atoms with Crippen LogP contribution in [0.5, 0.6) is 0 Å². The van der Waals surface area contributed by atoms with Crippen LogP contribution in [0.3, 0.4) is 0 Å². The number of hydrogen-bond donors (Lipinski definition) is 2. The first-order valence-corrected chi connectivity index (χ1v) is 7.83. The lowest BCUT2D eigenvalue weighted by Gasteiger charge is -2.32. The first kappa shape index (κ1) is 19.5. The number of ether oxygens (including phenoxy) is 1. The van der Waals surface area contributed by atoms with Gasteiger partial charge in [-0.05, 0) is 52.8 Å². The maximum atomic E-state index is 12.5. The van der Waals surface area contributed by atoms with E-state index in [0.717, 1.165) is 0 Å². The van der Waals surface area contributed by atoms with Gasteiger partial charge in [0, 0.05) is 17.8 Å². The SMILES string of the molecule is CC(C)N(C(=O)[C@@H](C)OC(=O)c1cccc(NC(N)=O)c1)C(C)C. The van der Waals surface area contributed by atoms with Crippen LogP contribution in [-0.2, 0) is 9.53 Å². The Kier molecular flexibility index (Phi) is 6.76. The summed E-state index contributed by atoms with van der Waals surface area (Å²) < 4.78 is 5.27. The molecule has 132 valence electrons. The number of primary amides is 1. The molecular weight excluding hydrogens is 310 g/mol. The molecule has 24 heavy (non-hydrogen) atoms. The lowest BCUT2D eigenvalue weighted by atomic mass is 10.2.